The van der Waals surface area contributed by atoms with Crippen molar-refractivity contribution in [3.05, 3.63) is 83.3 Å². The first-order valence-electron chi connectivity index (χ1n) is 15.0. The number of anilines is 3. The number of aromatic nitrogens is 3. The van der Waals surface area contributed by atoms with Crippen molar-refractivity contribution in [2.45, 2.75) is 50.0 Å². The van der Waals surface area contributed by atoms with Crippen LogP contribution >= 0.6 is 0 Å². The second-order valence-corrected chi connectivity index (χ2v) is 12.7. The van der Waals surface area contributed by atoms with E-state index in [9.17, 15) is 9.90 Å². The second kappa shape index (κ2) is 10.8. The number of aliphatic hydroxyl groups is 1. The van der Waals surface area contributed by atoms with E-state index in [4.69, 9.17) is 14.5 Å². The van der Waals surface area contributed by atoms with Crippen LogP contribution in [0.3, 0.4) is 0 Å². The van der Waals surface area contributed by atoms with Gasteiger partial charge in [-0.1, -0.05) is 49.3 Å². The number of pyridine rings is 1. The van der Waals surface area contributed by atoms with E-state index in [2.05, 4.69) is 39.9 Å². The van der Waals surface area contributed by atoms with Gasteiger partial charge in [-0.15, -0.1) is 0 Å². The SMILES string of the molecule is CC1(C)CNC(=O)c2ccc(Nc3cc(N[C@H](CO)c4ccccc4)c(-c4nc(C56CCN(CC5)CC6)no4)cn3)cc21. The molecule has 6 heterocycles. The van der Waals surface area contributed by atoms with Gasteiger partial charge in [0.15, 0.2) is 5.82 Å². The summed E-state index contributed by atoms with van der Waals surface area (Å²) in [6.45, 7) is 7.92. The average Bonchev–Trinajstić information content (AvgIpc) is 3.55. The van der Waals surface area contributed by atoms with Crippen LogP contribution in [0.5, 0.6) is 0 Å². The molecule has 1 amide bonds. The number of rotatable bonds is 8. The zero-order valence-electron chi connectivity index (χ0n) is 24.6. The molecule has 0 spiro atoms. The minimum atomic E-state index is -0.359. The van der Waals surface area contributed by atoms with Crippen LogP contribution in [0.25, 0.3) is 11.5 Å². The molecular formula is C33H37N7O3. The Morgan fingerprint density at radius 1 is 1.05 bits per heavy atom. The molecule has 43 heavy (non-hydrogen) atoms. The standard InChI is InChI=1S/C33H37N7O3/c1-32(2)20-35-29(42)23-9-8-22(16-25(23)32)36-28-17-26(37-27(19-41)21-6-4-3-5-7-21)24(18-34-28)30-38-31(39-43-30)33-10-13-40(14-11-33)15-12-33/h3-9,16-18,27,41H,10-15,19-20H2,1-2H3,(H,35,42)(H2,34,36,37)/t27-/m1/s1. The fourth-order valence-corrected chi connectivity index (χ4v) is 6.65. The number of fused-ring (bicyclic) bond motifs is 4. The summed E-state index contributed by atoms with van der Waals surface area (Å²) in [5.74, 6) is 1.73. The van der Waals surface area contributed by atoms with Crippen LogP contribution in [0.4, 0.5) is 17.2 Å². The molecule has 4 N–H and O–H groups in total. The fraction of sp³-hybridized carbons (Fsp3) is 0.394. The zero-order valence-corrected chi connectivity index (χ0v) is 24.6. The van der Waals surface area contributed by atoms with Gasteiger partial charge in [-0.3, -0.25) is 4.79 Å². The van der Waals surface area contributed by atoms with Crippen molar-refractivity contribution in [2.75, 3.05) is 43.4 Å². The van der Waals surface area contributed by atoms with E-state index in [0.29, 0.717) is 35.1 Å². The first kappa shape index (κ1) is 27.5. The number of piperidine rings is 3. The van der Waals surface area contributed by atoms with Crippen molar-refractivity contribution in [1.82, 2.24) is 25.3 Å². The van der Waals surface area contributed by atoms with Gasteiger partial charge in [0.2, 0.25) is 0 Å². The lowest BCUT2D eigenvalue weighted by molar-refractivity contribution is 0.0747. The Labute approximate surface area is 250 Å². The Kier molecular flexibility index (Phi) is 6.90. The molecule has 2 aromatic heterocycles. The molecule has 0 saturated carbocycles. The monoisotopic (exact) mass is 579 g/mol. The van der Waals surface area contributed by atoms with Crippen LogP contribution in [0.1, 0.15) is 66.5 Å². The fourth-order valence-electron chi connectivity index (χ4n) is 6.65. The highest BCUT2D eigenvalue weighted by molar-refractivity contribution is 5.98. The molecule has 4 aliphatic heterocycles. The summed E-state index contributed by atoms with van der Waals surface area (Å²) in [7, 11) is 0. The number of aliphatic hydroxyl groups excluding tert-OH is 1. The first-order chi connectivity index (χ1) is 20.8. The second-order valence-electron chi connectivity index (χ2n) is 12.7. The minimum Gasteiger partial charge on any atom is -0.394 e. The number of amides is 1. The minimum absolute atomic E-state index is 0.0339. The Balaban J connectivity index is 1.23. The summed E-state index contributed by atoms with van der Waals surface area (Å²) in [5, 5.41) is 24.7. The van der Waals surface area contributed by atoms with Gasteiger partial charge < -0.3 is 30.5 Å². The van der Waals surface area contributed by atoms with Gasteiger partial charge in [0.05, 0.1) is 23.9 Å². The third-order valence-electron chi connectivity index (χ3n) is 9.43. The Bertz CT molecular complexity index is 1630. The van der Waals surface area contributed by atoms with Crippen LogP contribution < -0.4 is 16.0 Å². The molecule has 3 saturated heterocycles. The molecule has 0 radical (unpaired) electrons. The van der Waals surface area contributed by atoms with Gasteiger partial charge in [0.25, 0.3) is 11.8 Å². The van der Waals surface area contributed by atoms with E-state index in [-0.39, 0.29) is 29.4 Å². The quantitative estimate of drug-likeness (QED) is 0.233. The first-order valence-corrected chi connectivity index (χ1v) is 15.0. The number of benzene rings is 2. The van der Waals surface area contributed by atoms with E-state index >= 15 is 0 Å². The van der Waals surface area contributed by atoms with Gasteiger partial charge in [0, 0.05) is 40.9 Å². The van der Waals surface area contributed by atoms with Crippen molar-refractivity contribution < 1.29 is 14.4 Å². The molecule has 10 nitrogen and oxygen atoms in total. The van der Waals surface area contributed by atoms with Crippen molar-refractivity contribution in [3.63, 3.8) is 0 Å². The molecule has 8 rings (SSSR count). The van der Waals surface area contributed by atoms with Crippen molar-refractivity contribution in [3.8, 4) is 11.5 Å². The Hall–Kier alpha value is -4.28. The highest BCUT2D eigenvalue weighted by Gasteiger charge is 2.44. The molecule has 4 aliphatic rings. The van der Waals surface area contributed by atoms with Gasteiger partial charge in [0.1, 0.15) is 5.82 Å². The molecule has 0 aliphatic carbocycles. The number of nitrogens with zero attached hydrogens (tertiary/aromatic N) is 4. The third-order valence-corrected chi connectivity index (χ3v) is 9.43. The van der Waals surface area contributed by atoms with E-state index in [1.807, 2.05) is 54.6 Å². The van der Waals surface area contributed by atoms with E-state index < -0.39 is 0 Å². The number of hydrogen-bond acceptors (Lipinski definition) is 9. The molecule has 2 aromatic carbocycles. The molecule has 0 unspecified atom stereocenters. The maximum absolute atomic E-state index is 12.5. The van der Waals surface area contributed by atoms with Crippen LogP contribution in [-0.4, -0.2) is 63.8 Å². The topological polar surface area (TPSA) is 128 Å². The van der Waals surface area contributed by atoms with Crippen molar-refractivity contribution in [1.29, 1.82) is 0 Å². The summed E-state index contributed by atoms with van der Waals surface area (Å²) in [5.41, 5.74) is 4.63. The summed E-state index contributed by atoms with van der Waals surface area (Å²) in [6.07, 6.45) is 4.85. The molecule has 10 heteroatoms. The average molecular weight is 580 g/mol. The number of carbonyl (C=O) groups excluding carboxylic acids is 1. The van der Waals surface area contributed by atoms with Gasteiger partial charge in [-0.2, -0.15) is 4.98 Å². The predicted molar refractivity (Wildman–Crippen MR) is 164 cm³/mol. The van der Waals surface area contributed by atoms with Crippen LogP contribution in [-0.2, 0) is 10.8 Å². The lowest BCUT2D eigenvalue weighted by Gasteiger charge is -2.46. The van der Waals surface area contributed by atoms with Crippen LogP contribution in [0.15, 0.2) is 65.3 Å². The molecular weight excluding hydrogens is 542 g/mol. The number of carbonyl (C=O) groups is 1. The predicted octanol–water partition coefficient (Wildman–Crippen LogP) is 4.78. The van der Waals surface area contributed by atoms with Gasteiger partial charge >= 0.3 is 0 Å². The van der Waals surface area contributed by atoms with E-state index in [0.717, 1.165) is 61.5 Å². The lowest BCUT2D eigenvalue weighted by atomic mass is 9.71. The zero-order chi connectivity index (χ0) is 29.6. The van der Waals surface area contributed by atoms with Crippen molar-refractivity contribution in [2.24, 2.45) is 0 Å². The summed E-state index contributed by atoms with van der Waals surface area (Å²) >= 11 is 0. The molecule has 3 fully saturated rings. The lowest BCUT2D eigenvalue weighted by Crippen LogP contribution is -2.51. The van der Waals surface area contributed by atoms with Gasteiger partial charge in [-0.25, -0.2) is 4.98 Å². The molecule has 2 bridgehead atoms. The van der Waals surface area contributed by atoms with E-state index in [1.54, 1.807) is 6.20 Å². The number of hydrogen-bond donors (Lipinski definition) is 4. The molecule has 222 valence electrons. The smallest absolute Gasteiger partial charge is 0.261 e. The van der Waals surface area contributed by atoms with Crippen LogP contribution in [0, 0.1) is 0 Å². The van der Waals surface area contributed by atoms with Crippen LogP contribution in [0.2, 0.25) is 0 Å². The molecule has 4 aromatic rings. The number of nitrogens with one attached hydrogen (secondary N) is 3. The highest BCUT2D eigenvalue weighted by atomic mass is 16.5. The summed E-state index contributed by atoms with van der Waals surface area (Å²) in [4.78, 5) is 24.6. The van der Waals surface area contributed by atoms with Crippen molar-refractivity contribution >= 4 is 23.1 Å². The third kappa shape index (κ3) is 5.14. The Morgan fingerprint density at radius 2 is 1.81 bits per heavy atom. The normalized spacial score (nSPS) is 22.9. The van der Waals surface area contributed by atoms with E-state index in [1.165, 1.54) is 0 Å². The highest BCUT2D eigenvalue weighted by Crippen LogP contribution is 2.42. The largest absolute Gasteiger partial charge is 0.394 e. The van der Waals surface area contributed by atoms with Gasteiger partial charge in [-0.05, 0) is 68.2 Å². The summed E-state index contributed by atoms with van der Waals surface area (Å²) < 4.78 is 5.89. The summed E-state index contributed by atoms with van der Waals surface area (Å²) in [6, 6.07) is 17.1. The Morgan fingerprint density at radius 3 is 2.56 bits per heavy atom. The maximum Gasteiger partial charge on any atom is 0.261 e. The molecule has 1 atom stereocenters. The maximum atomic E-state index is 12.5.